The molecule has 0 fully saturated rings. The fourth-order valence-electron chi connectivity index (χ4n) is 3.26. The van der Waals surface area contributed by atoms with E-state index in [4.69, 9.17) is 20.6 Å². The number of fused-ring (bicyclic) bond motifs is 1. The zero-order valence-corrected chi connectivity index (χ0v) is 17.2. The van der Waals surface area contributed by atoms with Gasteiger partial charge in [-0.05, 0) is 41.0 Å². The highest BCUT2D eigenvalue weighted by Gasteiger charge is 2.36. The summed E-state index contributed by atoms with van der Waals surface area (Å²) >= 11 is 6.01. The molecule has 4 nitrogen and oxygen atoms in total. The van der Waals surface area contributed by atoms with Crippen LogP contribution < -0.4 is 5.32 Å². The minimum atomic E-state index is -3.42. The number of halogens is 1. The van der Waals surface area contributed by atoms with Gasteiger partial charge in [0.15, 0.2) is 0 Å². The summed E-state index contributed by atoms with van der Waals surface area (Å²) in [6, 6.07) is 21.5. The van der Waals surface area contributed by atoms with E-state index < -0.39 is 13.4 Å². The van der Waals surface area contributed by atoms with Gasteiger partial charge in [-0.2, -0.15) is 0 Å². The number of hydrogen-bond acceptors (Lipinski definition) is 4. The van der Waals surface area contributed by atoms with Crippen molar-refractivity contribution in [2.24, 2.45) is 0 Å². The third kappa shape index (κ3) is 4.26. The third-order valence-electron chi connectivity index (χ3n) is 4.71. The lowest BCUT2D eigenvalue weighted by Gasteiger charge is -2.29. The quantitative estimate of drug-likeness (QED) is 0.468. The van der Waals surface area contributed by atoms with E-state index in [1.54, 1.807) is 12.1 Å². The van der Waals surface area contributed by atoms with E-state index in [0.29, 0.717) is 5.02 Å². The highest BCUT2D eigenvalue weighted by atomic mass is 35.5. The van der Waals surface area contributed by atoms with Crippen molar-refractivity contribution in [2.75, 3.05) is 14.2 Å². The largest absolute Gasteiger partial charge is 0.351 e. The molecular weight excluding hydrogens is 381 g/mol. The van der Waals surface area contributed by atoms with Crippen LogP contribution in [-0.2, 0) is 13.6 Å². The van der Waals surface area contributed by atoms with Crippen LogP contribution in [0.1, 0.15) is 29.9 Å². The van der Waals surface area contributed by atoms with Gasteiger partial charge in [0.2, 0.25) is 0 Å². The molecule has 27 heavy (non-hydrogen) atoms. The fourth-order valence-corrected chi connectivity index (χ4v) is 4.90. The summed E-state index contributed by atoms with van der Waals surface area (Å²) in [6.07, 6.45) is 0. The maximum Gasteiger partial charge on any atom is 0.351 e. The molecule has 0 amide bonds. The Kier molecular flexibility index (Phi) is 6.36. The molecule has 142 valence electrons. The molecule has 6 heteroatoms. The van der Waals surface area contributed by atoms with E-state index >= 15 is 0 Å². The molecule has 2 atom stereocenters. The Labute approximate surface area is 165 Å². The zero-order valence-electron chi connectivity index (χ0n) is 15.6. The van der Waals surface area contributed by atoms with Gasteiger partial charge in [0.1, 0.15) is 5.78 Å². The van der Waals surface area contributed by atoms with Crippen LogP contribution in [0.4, 0.5) is 0 Å². The van der Waals surface area contributed by atoms with Crippen LogP contribution in [0, 0.1) is 0 Å². The standard InChI is InChI=1S/C21H23ClNO3P/c1-15(19-10-6-8-16-7-4-5-9-20(16)19)23-21(27(24,25-2)26-3)17-11-13-18(22)14-12-17/h4-15,21,23H,1-3H3/t15-,21?/m0/s1. The second-order valence-corrected chi connectivity index (χ2v) is 9.08. The first-order chi connectivity index (χ1) is 13.0. The Bertz CT molecular complexity index is 948. The van der Waals surface area contributed by atoms with Gasteiger partial charge >= 0.3 is 7.60 Å². The summed E-state index contributed by atoms with van der Waals surface area (Å²) < 4.78 is 23.8. The van der Waals surface area contributed by atoms with Crippen LogP contribution in [0.15, 0.2) is 66.7 Å². The van der Waals surface area contributed by atoms with Crippen molar-refractivity contribution in [1.82, 2.24) is 5.32 Å². The topological polar surface area (TPSA) is 47.6 Å². The Hall–Kier alpha value is -1.68. The molecule has 0 saturated carbocycles. The molecule has 0 radical (unpaired) electrons. The van der Waals surface area contributed by atoms with Gasteiger partial charge in [-0.3, -0.25) is 9.88 Å². The Morgan fingerprint density at radius 1 is 0.926 bits per heavy atom. The maximum absolute atomic E-state index is 13.2. The van der Waals surface area contributed by atoms with Crippen molar-refractivity contribution in [1.29, 1.82) is 0 Å². The first-order valence-corrected chi connectivity index (χ1v) is 10.7. The maximum atomic E-state index is 13.2. The zero-order chi connectivity index (χ0) is 19.4. The first kappa shape index (κ1) is 20.1. The number of rotatable bonds is 7. The second-order valence-electron chi connectivity index (χ2n) is 6.32. The monoisotopic (exact) mass is 403 g/mol. The molecule has 0 aliphatic heterocycles. The highest BCUT2D eigenvalue weighted by Crippen LogP contribution is 2.59. The van der Waals surface area contributed by atoms with E-state index in [1.165, 1.54) is 14.2 Å². The Balaban J connectivity index is 2.00. The summed E-state index contributed by atoms with van der Waals surface area (Å²) in [5.74, 6) is -0.626. The second kappa shape index (κ2) is 8.55. The van der Waals surface area contributed by atoms with Crippen molar-refractivity contribution >= 4 is 30.0 Å². The van der Waals surface area contributed by atoms with Crippen molar-refractivity contribution in [3.63, 3.8) is 0 Å². The van der Waals surface area contributed by atoms with Crippen LogP contribution in [0.2, 0.25) is 5.02 Å². The highest BCUT2D eigenvalue weighted by molar-refractivity contribution is 7.54. The smallest absolute Gasteiger partial charge is 0.311 e. The van der Waals surface area contributed by atoms with Crippen molar-refractivity contribution in [3.8, 4) is 0 Å². The van der Waals surface area contributed by atoms with Crippen LogP contribution in [0.5, 0.6) is 0 Å². The Morgan fingerprint density at radius 2 is 1.56 bits per heavy atom. The van der Waals surface area contributed by atoms with E-state index in [2.05, 4.69) is 29.6 Å². The van der Waals surface area contributed by atoms with Gasteiger partial charge in [-0.15, -0.1) is 0 Å². The normalized spacial score (nSPS) is 14.2. The van der Waals surface area contributed by atoms with Crippen LogP contribution >= 0.6 is 19.2 Å². The molecule has 1 unspecified atom stereocenters. The Morgan fingerprint density at radius 3 is 2.22 bits per heavy atom. The molecule has 3 aromatic carbocycles. The number of hydrogen-bond donors (Lipinski definition) is 1. The molecular formula is C21H23ClNO3P. The lowest BCUT2D eigenvalue weighted by atomic mass is 9.99. The third-order valence-corrected chi connectivity index (χ3v) is 7.06. The number of nitrogens with one attached hydrogen (secondary N) is 1. The average molecular weight is 404 g/mol. The molecule has 3 rings (SSSR count). The summed E-state index contributed by atoms with van der Waals surface area (Å²) in [6.45, 7) is 2.04. The molecule has 0 aromatic heterocycles. The summed E-state index contributed by atoms with van der Waals surface area (Å²) in [5, 5.41) is 6.38. The minimum Gasteiger partial charge on any atom is -0.311 e. The predicted molar refractivity (Wildman–Crippen MR) is 111 cm³/mol. The van der Waals surface area contributed by atoms with Gasteiger partial charge in [0.25, 0.3) is 0 Å². The fraction of sp³-hybridized carbons (Fsp3) is 0.238. The van der Waals surface area contributed by atoms with Crippen molar-refractivity contribution < 1.29 is 13.6 Å². The average Bonchev–Trinajstić information content (AvgIpc) is 2.71. The molecule has 0 aliphatic rings. The molecule has 0 aliphatic carbocycles. The van der Waals surface area contributed by atoms with E-state index in [9.17, 15) is 4.57 Å². The summed E-state index contributed by atoms with van der Waals surface area (Å²) in [5.41, 5.74) is 1.91. The van der Waals surface area contributed by atoms with Crippen molar-refractivity contribution in [3.05, 3.63) is 82.9 Å². The van der Waals surface area contributed by atoms with Gasteiger partial charge in [0, 0.05) is 25.3 Å². The first-order valence-electron chi connectivity index (χ1n) is 8.69. The van der Waals surface area contributed by atoms with Gasteiger partial charge in [-0.1, -0.05) is 66.2 Å². The minimum absolute atomic E-state index is 0.0876. The molecule has 1 N–H and O–H groups in total. The predicted octanol–water partition coefficient (Wildman–Crippen LogP) is 6.33. The van der Waals surface area contributed by atoms with E-state index in [1.807, 2.05) is 37.3 Å². The molecule has 3 aromatic rings. The van der Waals surface area contributed by atoms with Crippen LogP contribution in [-0.4, -0.2) is 14.2 Å². The van der Waals surface area contributed by atoms with Gasteiger partial charge in [-0.25, -0.2) is 0 Å². The number of benzene rings is 3. The lowest BCUT2D eigenvalue weighted by Crippen LogP contribution is -2.26. The van der Waals surface area contributed by atoms with Crippen LogP contribution in [0.3, 0.4) is 0 Å². The van der Waals surface area contributed by atoms with Crippen LogP contribution in [0.25, 0.3) is 10.8 Å². The van der Waals surface area contributed by atoms with E-state index in [-0.39, 0.29) is 6.04 Å². The van der Waals surface area contributed by atoms with Crippen molar-refractivity contribution in [2.45, 2.75) is 18.7 Å². The molecule has 0 saturated heterocycles. The van der Waals surface area contributed by atoms with E-state index in [0.717, 1.165) is 21.9 Å². The molecule has 0 bridgehead atoms. The molecule has 0 heterocycles. The summed E-state index contributed by atoms with van der Waals surface area (Å²) in [7, 11) is -0.617. The van der Waals surface area contributed by atoms with Gasteiger partial charge < -0.3 is 9.05 Å². The lowest BCUT2D eigenvalue weighted by molar-refractivity contribution is 0.256. The van der Waals surface area contributed by atoms with Gasteiger partial charge in [0.05, 0.1) is 0 Å². The SMILES string of the molecule is COP(=O)(OC)C(N[C@@H](C)c1cccc2ccccc12)c1ccc(Cl)cc1. The molecule has 0 spiro atoms. The summed E-state index contributed by atoms with van der Waals surface area (Å²) in [4.78, 5) is 0.